The van der Waals surface area contributed by atoms with Crippen LogP contribution in [0.5, 0.6) is 5.75 Å². The largest absolute Gasteiger partial charge is 0.495 e. The Kier molecular flexibility index (Phi) is 4.75. The molecule has 0 saturated carbocycles. The topological polar surface area (TPSA) is 75.9 Å². The van der Waals surface area contributed by atoms with E-state index in [1.54, 1.807) is 12.1 Å². The average Bonchev–Trinajstić information content (AvgIpc) is 2.47. The van der Waals surface area contributed by atoms with Crippen LogP contribution in [0.25, 0.3) is 0 Å². The van der Waals surface area contributed by atoms with E-state index in [2.05, 4.69) is 4.90 Å². The summed E-state index contributed by atoms with van der Waals surface area (Å²) in [6.07, 6.45) is 1.86. The fraction of sp³-hybridized carbons (Fsp3) is 0.571. The van der Waals surface area contributed by atoms with E-state index in [4.69, 9.17) is 10.5 Å². The van der Waals surface area contributed by atoms with Gasteiger partial charge in [0.2, 0.25) is 10.0 Å². The Morgan fingerprint density at radius 3 is 2.71 bits per heavy atom. The van der Waals surface area contributed by atoms with E-state index in [1.807, 2.05) is 14.1 Å². The number of nitrogens with zero attached hydrogens (tertiary/aromatic N) is 2. The van der Waals surface area contributed by atoms with Crippen molar-refractivity contribution >= 4 is 15.7 Å². The van der Waals surface area contributed by atoms with Crippen LogP contribution in [0.2, 0.25) is 0 Å². The minimum atomic E-state index is -3.59. The molecular weight excluding hydrogens is 290 g/mol. The SMILES string of the molecule is COc1ccc(N)cc1S(=O)(=O)N1CCCC(N(C)C)C1. The number of rotatable bonds is 4. The van der Waals surface area contributed by atoms with Gasteiger partial charge in [0, 0.05) is 24.8 Å². The number of ether oxygens (including phenoxy) is 1. The van der Waals surface area contributed by atoms with Crippen LogP contribution in [0.1, 0.15) is 12.8 Å². The predicted molar refractivity (Wildman–Crippen MR) is 82.9 cm³/mol. The molecule has 2 rings (SSSR count). The van der Waals surface area contributed by atoms with Gasteiger partial charge in [0.05, 0.1) is 7.11 Å². The number of nitrogen functional groups attached to an aromatic ring is 1. The number of likely N-dealkylation sites (N-methyl/N-ethyl adjacent to an activating group) is 1. The van der Waals surface area contributed by atoms with Crippen LogP contribution in [-0.2, 0) is 10.0 Å². The van der Waals surface area contributed by atoms with Crippen LogP contribution in [-0.4, -0.2) is 58.0 Å². The summed E-state index contributed by atoms with van der Waals surface area (Å²) in [6, 6.07) is 4.93. The molecule has 0 spiro atoms. The molecule has 1 aromatic rings. The molecule has 1 saturated heterocycles. The summed E-state index contributed by atoms with van der Waals surface area (Å²) in [4.78, 5) is 2.21. The normalized spacial score (nSPS) is 20.7. The zero-order valence-electron chi connectivity index (χ0n) is 12.7. The van der Waals surface area contributed by atoms with Crippen LogP contribution in [0.15, 0.2) is 23.1 Å². The van der Waals surface area contributed by atoms with Crippen molar-refractivity contribution in [1.29, 1.82) is 0 Å². The Balaban J connectivity index is 2.35. The summed E-state index contributed by atoms with van der Waals surface area (Å²) < 4.78 is 32.4. The third-order valence-electron chi connectivity index (χ3n) is 3.90. The van der Waals surface area contributed by atoms with Gasteiger partial charge in [0.25, 0.3) is 0 Å². The smallest absolute Gasteiger partial charge is 0.246 e. The first-order chi connectivity index (χ1) is 9.86. The lowest BCUT2D eigenvalue weighted by Gasteiger charge is -2.35. The van der Waals surface area contributed by atoms with Gasteiger partial charge in [0.15, 0.2) is 0 Å². The number of methoxy groups -OCH3 is 1. The lowest BCUT2D eigenvalue weighted by molar-refractivity contribution is 0.190. The molecule has 2 N–H and O–H groups in total. The van der Waals surface area contributed by atoms with E-state index in [1.165, 1.54) is 17.5 Å². The summed E-state index contributed by atoms with van der Waals surface area (Å²) in [7, 11) is 1.82. The minimum absolute atomic E-state index is 0.143. The van der Waals surface area contributed by atoms with Crippen molar-refractivity contribution < 1.29 is 13.2 Å². The van der Waals surface area contributed by atoms with Crippen molar-refractivity contribution in [2.24, 2.45) is 0 Å². The third-order valence-corrected chi connectivity index (χ3v) is 5.78. The summed E-state index contributed by atoms with van der Waals surface area (Å²) in [5, 5.41) is 0. The zero-order chi connectivity index (χ0) is 15.6. The minimum Gasteiger partial charge on any atom is -0.495 e. The molecular formula is C14H23N3O3S. The fourth-order valence-electron chi connectivity index (χ4n) is 2.59. The van der Waals surface area contributed by atoms with Crippen LogP contribution in [0.3, 0.4) is 0 Å². The Bertz CT molecular complexity index is 601. The molecule has 1 heterocycles. The highest BCUT2D eigenvalue weighted by atomic mass is 32.2. The first kappa shape index (κ1) is 16.1. The maximum Gasteiger partial charge on any atom is 0.246 e. The maximum absolute atomic E-state index is 12.9. The molecule has 118 valence electrons. The predicted octanol–water partition coefficient (Wildman–Crippen LogP) is 0.992. The highest BCUT2D eigenvalue weighted by Gasteiger charge is 2.33. The summed E-state index contributed by atoms with van der Waals surface area (Å²) in [5.41, 5.74) is 6.15. The standard InChI is InChI=1S/C14H23N3O3S/c1-16(2)12-5-4-8-17(10-12)21(18,19)14-9-11(15)6-7-13(14)20-3/h6-7,9,12H,4-5,8,10,15H2,1-3H3. The number of hydrogen-bond acceptors (Lipinski definition) is 5. The molecule has 1 aliphatic rings. The van der Waals surface area contributed by atoms with Gasteiger partial charge in [-0.25, -0.2) is 8.42 Å². The van der Waals surface area contributed by atoms with Gasteiger partial charge >= 0.3 is 0 Å². The number of sulfonamides is 1. The number of hydrogen-bond donors (Lipinski definition) is 1. The summed E-state index contributed by atoms with van der Waals surface area (Å²) in [5.74, 6) is 0.330. The molecule has 1 aromatic carbocycles. The molecule has 0 aliphatic carbocycles. The molecule has 1 aliphatic heterocycles. The quantitative estimate of drug-likeness (QED) is 0.839. The fourth-order valence-corrected chi connectivity index (χ4v) is 4.30. The van der Waals surface area contributed by atoms with Crippen LogP contribution < -0.4 is 10.5 Å². The van der Waals surface area contributed by atoms with Gasteiger partial charge in [-0.05, 0) is 45.1 Å². The molecule has 0 radical (unpaired) electrons. The highest BCUT2D eigenvalue weighted by Crippen LogP contribution is 2.30. The molecule has 21 heavy (non-hydrogen) atoms. The van der Waals surface area contributed by atoms with Gasteiger partial charge in [0.1, 0.15) is 10.6 Å². The zero-order valence-corrected chi connectivity index (χ0v) is 13.6. The highest BCUT2D eigenvalue weighted by molar-refractivity contribution is 7.89. The van der Waals surface area contributed by atoms with Gasteiger partial charge in [-0.3, -0.25) is 0 Å². The van der Waals surface area contributed by atoms with Crippen molar-refractivity contribution in [1.82, 2.24) is 9.21 Å². The van der Waals surface area contributed by atoms with Crippen molar-refractivity contribution in [2.45, 2.75) is 23.8 Å². The molecule has 6 nitrogen and oxygen atoms in total. The molecule has 7 heteroatoms. The molecule has 1 atom stereocenters. The molecule has 1 unspecified atom stereocenters. The number of piperidine rings is 1. The Morgan fingerprint density at radius 2 is 2.10 bits per heavy atom. The number of nitrogens with two attached hydrogens (primary N) is 1. The van der Waals surface area contributed by atoms with Gasteiger partial charge in [-0.15, -0.1) is 0 Å². The average molecular weight is 313 g/mol. The molecule has 0 amide bonds. The van der Waals surface area contributed by atoms with E-state index < -0.39 is 10.0 Å². The Hall–Kier alpha value is -1.31. The third kappa shape index (κ3) is 3.30. The van der Waals surface area contributed by atoms with Crippen molar-refractivity contribution in [3.05, 3.63) is 18.2 Å². The summed E-state index contributed by atoms with van der Waals surface area (Å²) in [6.45, 7) is 1.03. The molecule has 1 fully saturated rings. The van der Waals surface area contributed by atoms with Crippen molar-refractivity contribution in [3.8, 4) is 5.75 Å². The monoisotopic (exact) mass is 313 g/mol. The molecule has 0 bridgehead atoms. The lowest BCUT2D eigenvalue weighted by Crippen LogP contribution is -2.47. The Labute approximate surface area is 126 Å². The first-order valence-corrected chi connectivity index (χ1v) is 8.40. The number of benzene rings is 1. The van der Waals surface area contributed by atoms with Crippen LogP contribution >= 0.6 is 0 Å². The van der Waals surface area contributed by atoms with E-state index in [-0.39, 0.29) is 10.9 Å². The number of anilines is 1. The van der Waals surface area contributed by atoms with Crippen LogP contribution in [0.4, 0.5) is 5.69 Å². The Morgan fingerprint density at radius 1 is 1.38 bits per heavy atom. The second-order valence-corrected chi connectivity index (χ2v) is 7.44. The summed E-state index contributed by atoms with van der Waals surface area (Å²) >= 11 is 0. The van der Waals surface area contributed by atoms with E-state index >= 15 is 0 Å². The van der Waals surface area contributed by atoms with E-state index in [0.717, 1.165) is 12.8 Å². The van der Waals surface area contributed by atoms with Crippen LogP contribution in [0, 0.1) is 0 Å². The second kappa shape index (κ2) is 6.21. The van der Waals surface area contributed by atoms with E-state index in [0.29, 0.717) is 24.5 Å². The molecule has 0 aromatic heterocycles. The van der Waals surface area contributed by atoms with E-state index in [9.17, 15) is 8.42 Å². The maximum atomic E-state index is 12.9. The van der Waals surface area contributed by atoms with Gasteiger partial charge in [-0.2, -0.15) is 4.31 Å². The lowest BCUT2D eigenvalue weighted by atomic mass is 10.1. The van der Waals surface area contributed by atoms with Crippen molar-refractivity contribution in [2.75, 3.05) is 40.0 Å². The van der Waals surface area contributed by atoms with Gasteiger partial charge < -0.3 is 15.4 Å². The second-order valence-electron chi connectivity index (χ2n) is 5.53. The van der Waals surface area contributed by atoms with Gasteiger partial charge in [-0.1, -0.05) is 0 Å². The first-order valence-electron chi connectivity index (χ1n) is 6.96. The van der Waals surface area contributed by atoms with Crippen molar-refractivity contribution in [3.63, 3.8) is 0 Å².